The van der Waals surface area contributed by atoms with Crippen molar-refractivity contribution in [3.05, 3.63) is 113 Å². The van der Waals surface area contributed by atoms with Gasteiger partial charge < -0.3 is 9.47 Å². The van der Waals surface area contributed by atoms with E-state index in [1.54, 1.807) is 70.2 Å². The fourth-order valence-electron chi connectivity index (χ4n) is 19.0. The molecule has 12 aliphatic carbocycles. The fourth-order valence-corrected chi connectivity index (χ4v) is 22.5. The molecule has 0 radical (unpaired) electrons. The lowest BCUT2D eigenvalue weighted by atomic mass is 9.48. The first-order valence-electron chi connectivity index (χ1n) is 31.9. The second-order valence-corrected chi connectivity index (χ2v) is 37.3. The van der Waals surface area contributed by atoms with Gasteiger partial charge in [0.15, 0.2) is 0 Å². The van der Waals surface area contributed by atoms with Crippen molar-refractivity contribution < 1.29 is 96.1 Å². The van der Waals surface area contributed by atoms with Gasteiger partial charge in [0.05, 0.1) is 28.8 Å². The molecule has 0 saturated heterocycles. The molecule has 4 N–H and O–H groups in total. The standard InChI is InChI=1S/2C17H22O4S.C16H20F6O5S2.C16H20O3S/c18-22(19,20)16-3-1-15(2-4-16)21-11-17-8-12-5-13(9-17)7-14(6-12)10-17;18-22(19,20)16-4-2-1-3-15(16)21-11-17-8-12-5-13(9-17)7-14(6-12)10-17;1-9(2)11-6-5-7-12(10(3)4)13(11)8-28(23,24)15(19,20)14(17,18)16(21,22)29(25,26)27;17-20(18,19)15-3-1-14(2-4-15)16-8-11-5-12(9-16)7-13(6-11)10-16/h2*1-4,12-14H,5-11H2,(H,18,19,20);5-7,9-10H,8H2,1-4H3,(H,25,26,27);1-4,11-13H,5-10H2,(H,17,18,19). The zero-order chi connectivity index (χ0) is 67.9. The number of sulfone groups is 1. The van der Waals surface area contributed by atoms with Crippen LogP contribution in [0.5, 0.6) is 11.5 Å². The lowest BCUT2D eigenvalue weighted by Crippen LogP contribution is -2.60. The van der Waals surface area contributed by atoms with Gasteiger partial charge in [0.25, 0.3) is 30.4 Å². The van der Waals surface area contributed by atoms with Gasteiger partial charge in [0.2, 0.25) is 9.84 Å². The molecular formula is C66H84F6O16S5. The van der Waals surface area contributed by atoms with E-state index in [1.807, 2.05) is 12.1 Å². The Kier molecular flexibility index (Phi) is 19.8. The highest BCUT2D eigenvalue weighted by atomic mass is 32.2. The zero-order valence-corrected chi connectivity index (χ0v) is 56.4. The largest absolute Gasteiger partial charge is 0.493 e. The van der Waals surface area contributed by atoms with Gasteiger partial charge in [0, 0.05) is 10.8 Å². The lowest BCUT2D eigenvalue weighted by molar-refractivity contribution is -0.245. The Morgan fingerprint density at radius 2 is 0.796 bits per heavy atom. The Balaban J connectivity index is 0.000000137. The molecule has 0 amide bonds. The molecule has 16 rings (SSSR count). The minimum atomic E-state index is -7.05. The van der Waals surface area contributed by atoms with Gasteiger partial charge >= 0.3 is 26.5 Å². The van der Waals surface area contributed by atoms with E-state index in [1.165, 1.54) is 158 Å². The molecule has 516 valence electrons. The third-order valence-corrected chi connectivity index (χ3v) is 27.0. The first-order valence-corrected chi connectivity index (χ1v) is 39.4. The van der Waals surface area contributed by atoms with Gasteiger partial charge in [-0.3, -0.25) is 18.2 Å². The third-order valence-electron chi connectivity index (χ3n) is 21.7. The number of hydrogen-bond acceptors (Lipinski definition) is 12. The second-order valence-electron chi connectivity index (χ2n) is 29.5. The van der Waals surface area contributed by atoms with Crippen LogP contribution in [0.25, 0.3) is 0 Å². The Hall–Kier alpha value is -4.35. The molecule has 12 saturated carbocycles. The first kappa shape index (κ1) is 71.4. The molecule has 4 aromatic rings. The molecule has 0 unspecified atom stereocenters. The van der Waals surface area contributed by atoms with Crippen molar-refractivity contribution in [1.82, 2.24) is 0 Å². The van der Waals surface area contributed by atoms with E-state index < -0.39 is 84.3 Å². The van der Waals surface area contributed by atoms with Gasteiger partial charge in [-0.05, 0) is 257 Å². The van der Waals surface area contributed by atoms with Crippen molar-refractivity contribution in [2.24, 2.45) is 64.1 Å². The summed E-state index contributed by atoms with van der Waals surface area (Å²) in [7, 11) is -25.9. The van der Waals surface area contributed by atoms with E-state index in [-0.39, 0.29) is 48.0 Å². The molecule has 27 heteroatoms. The van der Waals surface area contributed by atoms with Crippen molar-refractivity contribution >= 4 is 50.3 Å². The summed E-state index contributed by atoms with van der Waals surface area (Å²) in [4.78, 5) is -0.208. The number of hydrogen-bond donors (Lipinski definition) is 4. The second kappa shape index (κ2) is 25.8. The van der Waals surface area contributed by atoms with Crippen molar-refractivity contribution in [2.75, 3.05) is 13.2 Å². The summed E-state index contributed by atoms with van der Waals surface area (Å²) < 4.78 is 243. The van der Waals surface area contributed by atoms with Crippen molar-refractivity contribution in [1.29, 1.82) is 0 Å². The molecule has 12 bridgehead atoms. The fraction of sp³-hybridized carbons (Fsp3) is 0.636. The predicted octanol–water partition coefficient (Wildman–Crippen LogP) is 15.0. The Morgan fingerprint density at radius 3 is 1.15 bits per heavy atom. The van der Waals surface area contributed by atoms with Crippen LogP contribution in [0.3, 0.4) is 0 Å². The summed E-state index contributed by atoms with van der Waals surface area (Å²) in [5.74, 6) is -0.706. The van der Waals surface area contributed by atoms with Crippen LogP contribution in [0.1, 0.15) is 177 Å². The zero-order valence-electron chi connectivity index (χ0n) is 52.4. The van der Waals surface area contributed by atoms with E-state index in [9.17, 15) is 73.0 Å². The van der Waals surface area contributed by atoms with Crippen LogP contribution in [0, 0.1) is 64.1 Å². The van der Waals surface area contributed by atoms with E-state index in [0.717, 1.165) is 59.9 Å². The van der Waals surface area contributed by atoms with Crippen LogP contribution in [0.2, 0.25) is 0 Å². The topological polar surface area (TPSA) is 270 Å². The summed E-state index contributed by atoms with van der Waals surface area (Å²) in [5, 5.41) is -13.2. The van der Waals surface area contributed by atoms with Crippen LogP contribution in [0.4, 0.5) is 26.3 Å². The molecule has 0 atom stereocenters. The number of ether oxygens (including phenoxy) is 2. The average molecular weight is 1410 g/mol. The highest BCUT2D eigenvalue weighted by Gasteiger charge is 2.81. The average Bonchev–Trinajstić information content (AvgIpc) is 0.739. The van der Waals surface area contributed by atoms with Crippen LogP contribution >= 0.6 is 0 Å². The van der Waals surface area contributed by atoms with E-state index in [2.05, 4.69) is 0 Å². The lowest BCUT2D eigenvalue weighted by Gasteiger charge is -2.57. The van der Waals surface area contributed by atoms with Gasteiger partial charge in [-0.2, -0.15) is 60.0 Å². The molecule has 12 fully saturated rings. The highest BCUT2D eigenvalue weighted by molar-refractivity contribution is 7.92. The smallest absolute Gasteiger partial charge is 0.439 e. The minimum absolute atomic E-state index is 0.00554. The quantitative estimate of drug-likeness (QED) is 0.0532. The monoisotopic (exact) mass is 1410 g/mol. The summed E-state index contributed by atoms with van der Waals surface area (Å²) in [5.41, 5.74) is 2.32. The van der Waals surface area contributed by atoms with Crippen molar-refractivity contribution in [3.8, 4) is 11.5 Å². The maximum atomic E-state index is 14.2. The molecule has 16 nitrogen and oxygen atoms in total. The molecule has 0 spiro atoms. The molecule has 0 aromatic heterocycles. The predicted molar refractivity (Wildman–Crippen MR) is 334 cm³/mol. The van der Waals surface area contributed by atoms with Crippen LogP contribution in [-0.2, 0) is 61.5 Å². The highest BCUT2D eigenvalue weighted by Crippen LogP contribution is 2.63. The van der Waals surface area contributed by atoms with Gasteiger partial charge in [-0.15, -0.1) is 0 Å². The summed E-state index contributed by atoms with van der Waals surface area (Å²) in [6.45, 7) is 7.62. The summed E-state index contributed by atoms with van der Waals surface area (Å²) >= 11 is 0. The van der Waals surface area contributed by atoms with Crippen molar-refractivity contribution in [3.63, 3.8) is 0 Å². The van der Waals surface area contributed by atoms with Crippen LogP contribution < -0.4 is 9.47 Å². The van der Waals surface area contributed by atoms with Crippen molar-refractivity contribution in [2.45, 2.75) is 197 Å². The van der Waals surface area contributed by atoms with Gasteiger partial charge in [-0.25, -0.2) is 8.42 Å². The maximum Gasteiger partial charge on any atom is 0.439 e. The summed E-state index contributed by atoms with van der Waals surface area (Å²) in [6, 6.07) is 23.6. The number of rotatable bonds is 18. The number of halogens is 6. The van der Waals surface area contributed by atoms with Crippen LogP contribution in [-0.4, -0.2) is 89.9 Å². The Morgan fingerprint density at radius 1 is 0.441 bits per heavy atom. The van der Waals surface area contributed by atoms with E-state index in [0.29, 0.717) is 17.8 Å². The normalized spacial score (nSPS) is 30.3. The van der Waals surface area contributed by atoms with E-state index in [4.69, 9.17) is 23.1 Å². The first-order chi connectivity index (χ1) is 43.0. The molecule has 4 aromatic carbocycles. The van der Waals surface area contributed by atoms with Crippen LogP contribution in [0.15, 0.2) is 106 Å². The molecule has 0 aliphatic heterocycles. The Bertz CT molecular complexity index is 3840. The van der Waals surface area contributed by atoms with E-state index >= 15 is 0 Å². The number of benzene rings is 4. The number of alkyl halides is 6. The molecule has 12 aliphatic rings. The Labute approximate surface area is 542 Å². The minimum Gasteiger partial charge on any atom is -0.493 e. The number of para-hydroxylation sites is 1. The SMILES string of the molecule is CC(C)c1cccc(C(C)C)c1CS(=O)(=O)C(F)(F)C(F)(F)C(F)(F)S(=O)(=O)O.O=S(=O)(O)c1ccc(C23CC4CC(CC(C4)C2)C3)cc1.O=S(=O)(O)c1ccc(OCC23CC4CC(CC(C4)C2)C3)cc1.O=S(=O)(O)c1ccccc1OCC12CC3CC(CC(C3)C1)C2. The van der Waals surface area contributed by atoms with Gasteiger partial charge in [-0.1, -0.05) is 70.2 Å². The molecular weight excluding hydrogens is 1320 g/mol. The van der Waals surface area contributed by atoms with Gasteiger partial charge in [0.1, 0.15) is 16.4 Å². The summed E-state index contributed by atoms with van der Waals surface area (Å²) in [6.07, 6.45) is 23.9. The molecule has 93 heavy (non-hydrogen) atoms. The third kappa shape index (κ3) is 15.1. The molecule has 0 heterocycles. The maximum absolute atomic E-state index is 14.2.